The lowest BCUT2D eigenvalue weighted by Gasteiger charge is -2.21. The highest BCUT2D eigenvalue weighted by Gasteiger charge is 2.31. The van der Waals surface area contributed by atoms with Crippen LogP contribution in [0.15, 0.2) is 48.5 Å². The maximum atomic E-state index is 6.03. The zero-order valence-corrected chi connectivity index (χ0v) is 16.0. The van der Waals surface area contributed by atoms with Gasteiger partial charge in [0.15, 0.2) is 0 Å². The molecule has 0 radical (unpaired) electrons. The van der Waals surface area contributed by atoms with Gasteiger partial charge < -0.3 is 20.1 Å². The number of hydrogen-bond acceptors (Lipinski definition) is 4. The zero-order valence-electron chi connectivity index (χ0n) is 16.0. The molecule has 4 nitrogen and oxygen atoms in total. The van der Waals surface area contributed by atoms with Crippen LogP contribution in [0.2, 0.25) is 0 Å². The number of benzene rings is 2. The van der Waals surface area contributed by atoms with Gasteiger partial charge in [-0.05, 0) is 55.2 Å². The number of rotatable bonds is 8. The highest BCUT2D eigenvalue weighted by Crippen LogP contribution is 2.18. The predicted octanol–water partition coefficient (Wildman–Crippen LogP) is 3.55. The summed E-state index contributed by atoms with van der Waals surface area (Å²) in [5.74, 6) is 1.84. The van der Waals surface area contributed by atoms with Crippen molar-refractivity contribution in [3.63, 3.8) is 0 Å². The summed E-state index contributed by atoms with van der Waals surface area (Å²) in [6.07, 6.45) is 2.16. The molecule has 0 unspecified atom stereocenters. The minimum atomic E-state index is 0.314. The number of ether oxygens (including phenoxy) is 2. The van der Waals surface area contributed by atoms with Crippen molar-refractivity contribution < 1.29 is 9.47 Å². The molecule has 3 atom stereocenters. The smallest absolute Gasteiger partial charge is 0.119 e. The normalized spacial score (nSPS) is 22.3. The van der Waals surface area contributed by atoms with E-state index in [2.05, 4.69) is 60.9 Å². The number of nitrogens with one attached hydrogen (secondary N) is 2. The van der Waals surface area contributed by atoms with Gasteiger partial charge in [0.1, 0.15) is 18.1 Å². The van der Waals surface area contributed by atoms with E-state index < -0.39 is 0 Å². The van der Waals surface area contributed by atoms with Crippen molar-refractivity contribution >= 4 is 0 Å². The lowest BCUT2D eigenvalue weighted by Crippen LogP contribution is -2.44. The third-order valence-corrected chi connectivity index (χ3v) is 5.08. The molecule has 1 aliphatic heterocycles. The molecule has 0 saturated carbocycles. The second-order valence-electron chi connectivity index (χ2n) is 7.05. The van der Waals surface area contributed by atoms with E-state index >= 15 is 0 Å². The van der Waals surface area contributed by atoms with Crippen LogP contribution >= 0.6 is 0 Å². The lowest BCUT2D eigenvalue weighted by atomic mass is 10.1. The van der Waals surface area contributed by atoms with Gasteiger partial charge in [-0.15, -0.1) is 0 Å². The maximum absolute atomic E-state index is 6.03. The summed E-state index contributed by atoms with van der Waals surface area (Å²) in [6.45, 7) is 5.93. The lowest BCUT2D eigenvalue weighted by molar-refractivity contribution is 0.253. The summed E-state index contributed by atoms with van der Waals surface area (Å²) in [6, 6.07) is 17.9. The van der Waals surface area contributed by atoms with E-state index in [9.17, 15) is 0 Å². The Morgan fingerprint density at radius 2 is 1.65 bits per heavy atom. The van der Waals surface area contributed by atoms with Gasteiger partial charge in [-0.3, -0.25) is 0 Å². The number of hydrogen-bond donors (Lipinski definition) is 2. The second-order valence-corrected chi connectivity index (χ2v) is 7.05. The Morgan fingerprint density at radius 3 is 2.31 bits per heavy atom. The minimum absolute atomic E-state index is 0.314. The first kappa shape index (κ1) is 18.7. The van der Waals surface area contributed by atoms with Crippen LogP contribution in [0.3, 0.4) is 0 Å². The molecule has 4 heteroatoms. The number of aryl methyl sites for hydroxylation is 1. The Hall–Kier alpha value is -2.04. The predicted molar refractivity (Wildman–Crippen MR) is 106 cm³/mol. The van der Waals surface area contributed by atoms with Crippen molar-refractivity contribution in [2.75, 3.05) is 13.7 Å². The highest BCUT2D eigenvalue weighted by molar-refractivity contribution is 5.28. The summed E-state index contributed by atoms with van der Waals surface area (Å²) in [5, 5.41) is 7.33. The largest absolute Gasteiger partial charge is 0.497 e. The molecule has 1 saturated heterocycles. The van der Waals surface area contributed by atoms with E-state index in [1.54, 1.807) is 7.11 Å². The summed E-state index contributed by atoms with van der Waals surface area (Å²) >= 11 is 0. The first-order valence-corrected chi connectivity index (χ1v) is 9.52. The van der Waals surface area contributed by atoms with Crippen molar-refractivity contribution in [3.05, 3.63) is 59.7 Å². The average Bonchev–Trinajstić information content (AvgIpc) is 3.05. The molecule has 1 heterocycles. The van der Waals surface area contributed by atoms with Crippen molar-refractivity contribution in [2.24, 2.45) is 0 Å². The minimum Gasteiger partial charge on any atom is -0.497 e. The SMILES string of the molecule is CCc1ccc(OC[C@@H]2N[C@H](C)C[C@@H]2NCc2ccc(OC)cc2)cc1. The van der Waals surface area contributed by atoms with E-state index in [-0.39, 0.29) is 0 Å². The fourth-order valence-corrected chi connectivity index (χ4v) is 3.48. The topological polar surface area (TPSA) is 42.5 Å². The quantitative estimate of drug-likeness (QED) is 0.761. The molecule has 2 N–H and O–H groups in total. The first-order chi connectivity index (χ1) is 12.7. The van der Waals surface area contributed by atoms with Gasteiger partial charge in [0.2, 0.25) is 0 Å². The number of methoxy groups -OCH3 is 1. The molecule has 1 fully saturated rings. The Labute approximate surface area is 156 Å². The van der Waals surface area contributed by atoms with E-state index in [0.717, 1.165) is 30.9 Å². The van der Waals surface area contributed by atoms with Crippen LogP contribution in [0, 0.1) is 0 Å². The van der Waals surface area contributed by atoms with Crippen molar-refractivity contribution in [3.8, 4) is 11.5 Å². The molecular weight excluding hydrogens is 324 g/mol. The maximum Gasteiger partial charge on any atom is 0.119 e. The van der Waals surface area contributed by atoms with E-state index in [1.807, 2.05) is 12.1 Å². The molecule has 0 aromatic heterocycles. The summed E-state index contributed by atoms with van der Waals surface area (Å²) < 4.78 is 11.3. The summed E-state index contributed by atoms with van der Waals surface area (Å²) in [4.78, 5) is 0. The third-order valence-electron chi connectivity index (χ3n) is 5.08. The van der Waals surface area contributed by atoms with Crippen LogP contribution in [0.4, 0.5) is 0 Å². The van der Waals surface area contributed by atoms with Crippen LogP contribution in [0.1, 0.15) is 31.4 Å². The van der Waals surface area contributed by atoms with Gasteiger partial charge in [-0.1, -0.05) is 31.2 Å². The fourth-order valence-electron chi connectivity index (χ4n) is 3.48. The Morgan fingerprint density at radius 1 is 1.00 bits per heavy atom. The van der Waals surface area contributed by atoms with Crippen molar-refractivity contribution in [2.45, 2.75) is 51.4 Å². The average molecular weight is 354 g/mol. The third kappa shape index (κ3) is 4.99. The summed E-state index contributed by atoms with van der Waals surface area (Å²) in [7, 11) is 1.69. The van der Waals surface area contributed by atoms with Gasteiger partial charge in [0.25, 0.3) is 0 Å². The molecule has 0 amide bonds. The van der Waals surface area contributed by atoms with Crippen LogP contribution < -0.4 is 20.1 Å². The summed E-state index contributed by atoms with van der Waals surface area (Å²) in [5.41, 5.74) is 2.60. The van der Waals surface area contributed by atoms with E-state index in [1.165, 1.54) is 11.1 Å². The van der Waals surface area contributed by atoms with Crippen LogP contribution in [-0.4, -0.2) is 31.8 Å². The van der Waals surface area contributed by atoms with Gasteiger partial charge in [0.05, 0.1) is 13.2 Å². The van der Waals surface area contributed by atoms with E-state index in [0.29, 0.717) is 24.7 Å². The van der Waals surface area contributed by atoms with Gasteiger partial charge in [-0.2, -0.15) is 0 Å². The molecule has 26 heavy (non-hydrogen) atoms. The Kier molecular flexibility index (Phi) is 6.53. The van der Waals surface area contributed by atoms with Gasteiger partial charge in [-0.25, -0.2) is 0 Å². The van der Waals surface area contributed by atoms with Crippen molar-refractivity contribution in [1.29, 1.82) is 0 Å². The molecular formula is C22H30N2O2. The monoisotopic (exact) mass is 354 g/mol. The second kappa shape index (κ2) is 9.06. The molecule has 0 spiro atoms. The molecule has 2 aromatic carbocycles. The molecule has 0 aliphatic carbocycles. The highest BCUT2D eigenvalue weighted by atomic mass is 16.5. The fraction of sp³-hybridized carbons (Fsp3) is 0.455. The van der Waals surface area contributed by atoms with Crippen molar-refractivity contribution in [1.82, 2.24) is 10.6 Å². The Balaban J connectivity index is 1.52. The first-order valence-electron chi connectivity index (χ1n) is 9.52. The molecule has 3 rings (SSSR count). The Bertz CT molecular complexity index is 610. The zero-order chi connectivity index (χ0) is 18.4. The van der Waals surface area contributed by atoms with E-state index in [4.69, 9.17) is 9.47 Å². The van der Waals surface area contributed by atoms with Crippen LogP contribution in [-0.2, 0) is 13.0 Å². The standard InChI is InChI=1S/C22H30N2O2/c1-4-17-5-11-20(12-6-17)26-15-22-21(13-16(2)24-22)23-14-18-7-9-19(25-3)10-8-18/h5-12,16,21-24H,4,13-15H2,1-3H3/t16-,21+,22+/m1/s1. The van der Waals surface area contributed by atoms with Crippen LogP contribution in [0.25, 0.3) is 0 Å². The molecule has 2 aromatic rings. The van der Waals surface area contributed by atoms with Gasteiger partial charge in [0, 0.05) is 18.6 Å². The van der Waals surface area contributed by atoms with Gasteiger partial charge >= 0.3 is 0 Å². The molecule has 1 aliphatic rings. The molecule has 0 bridgehead atoms. The molecule has 140 valence electrons. The van der Waals surface area contributed by atoms with Crippen LogP contribution in [0.5, 0.6) is 11.5 Å².